The van der Waals surface area contributed by atoms with Crippen molar-refractivity contribution in [3.8, 4) is 0 Å². The first-order valence-corrected chi connectivity index (χ1v) is 13.4. The van der Waals surface area contributed by atoms with Gasteiger partial charge in [-0.2, -0.15) is 0 Å². The lowest BCUT2D eigenvalue weighted by Gasteiger charge is -2.45. The normalized spacial score (nSPS) is 22.8. The smallest absolute Gasteiger partial charge is 0.000968 e. The van der Waals surface area contributed by atoms with Crippen LogP contribution < -0.4 is 0 Å². The maximum absolute atomic E-state index is 2.55. The molecule has 0 heteroatoms. The summed E-state index contributed by atoms with van der Waals surface area (Å²) < 4.78 is 0. The molecule has 1 aliphatic carbocycles. The molecule has 3 aromatic rings. The fourth-order valence-electron chi connectivity index (χ4n) is 7.27. The predicted octanol–water partition coefficient (Wildman–Crippen LogP) is 9.54. The number of rotatable bonds is 6. The topological polar surface area (TPSA) is 0 Å². The number of hydrogen-bond acceptors (Lipinski definition) is 0. The molecule has 0 aromatic heterocycles. The van der Waals surface area contributed by atoms with Crippen LogP contribution in [0.15, 0.2) is 78.9 Å². The molecule has 35 heavy (non-hydrogen) atoms. The molecular formula is C35H46. The van der Waals surface area contributed by atoms with Crippen molar-refractivity contribution in [2.24, 2.45) is 5.41 Å². The molecule has 4 rings (SSSR count). The van der Waals surface area contributed by atoms with Gasteiger partial charge in [-0.1, -0.05) is 141 Å². The lowest BCUT2D eigenvalue weighted by molar-refractivity contribution is 0.143. The van der Waals surface area contributed by atoms with Gasteiger partial charge in [-0.15, -0.1) is 0 Å². The van der Waals surface area contributed by atoms with E-state index in [1.807, 2.05) is 0 Å². The van der Waals surface area contributed by atoms with Crippen molar-refractivity contribution < 1.29 is 0 Å². The first-order chi connectivity index (χ1) is 16.2. The summed E-state index contributed by atoms with van der Waals surface area (Å²) in [6.07, 6.45) is 3.41. The zero-order valence-corrected chi connectivity index (χ0v) is 23.6. The molecule has 1 aliphatic rings. The van der Waals surface area contributed by atoms with E-state index in [9.17, 15) is 0 Å². The van der Waals surface area contributed by atoms with Crippen LogP contribution in [0.5, 0.6) is 0 Å². The monoisotopic (exact) mass is 466 g/mol. The molecule has 0 N–H and O–H groups in total. The Kier molecular flexibility index (Phi) is 6.36. The van der Waals surface area contributed by atoms with Gasteiger partial charge >= 0.3 is 0 Å². The predicted molar refractivity (Wildman–Crippen MR) is 152 cm³/mol. The Hall–Kier alpha value is -2.34. The van der Waals surface area contributed by atoms with Crippen LogP contribution in [0, 0.1) is 5.41 Å². The molecule has 0 radical (unpaired) electrons. The molecule has 0 saturated heterocycles. The molecule has 0 spiro atoms. The second kappa shape index (κ2) is 8.65. The largest absolute Gasteiger partial charge is 0.0622 e. The van der Waals surface area contributed by atoms with Gasteiger partial charge in [0.2, 0.25) is 0 Å². The Morgan fingerprint density at radius 2 is 1.20 bits per heavy atom. The van der Waals surface area contributed by atoms with E-state index in [0.29, 0.717) is 0 Å². The highest BCUT2D eigenvalue weighted by molar-refractivity contribution is 5.48. The lowest BCUT2D eigenvalue weighted by atomic mass is 9.58. The van der Waals surface area contributed by atoms with Crippen molar-refractivity contribution in [1.82, 2.24) is 0 Å². The molecule has 0 heterocycles. The maximum Gasteiger partial charge on any atom is -0.000968 e. The lowest BCUT2D eigenvalue weighted by Crippen LogP contribution is -2.42. The van der Waals surface area contributed by atoms with Crippen molar-refractivity contribution in [3.63, 3.8) is 0 Å². The van der Waals surface area contributed by atoms with E-state index >= 15 is 0 Å². The summed E-state index contributed by atoms with van der Waals surface area (Å²) in [6.45, 7) is 22.0. The quantitative estimate of drug-likeness (QED) is 0.339. The van der Waals surface area contributed by atoms with Gasteiger partial charge in [0, 0.05) is 0 Å². The van der Waals surface area contributed by atoms with Gasteiger partial charge < -0.3 is 0 Å². The number of fused-ring (bicyclic) bond motifs is 1. The van der Waals surface area contributed by atoms with E-state index in [4.69, 9.17) is 0 Å². The van der Waals surface area contributed by atoms with Gasteiger partial charge in [0.15, 0.2) is 0 Å². The van der Waals surface area contributed by atoms with Crippen LogP contribution in [0.3, 0.4) is 0 Å². The third-order valence-electron chi connectivity index (χ3n) is 9.25. The molecule has 3 aromatic carbocycles. The van der Waals surface area contributed by atoms with Crippen molar-refractivity contribution >= 4 is 0 Å². The molecule has 186 valence electrons. The average Bonchev–Trinajstić information content (AvgIpc) is 3.01. The Labute approximate surface area is 215 Å². The van der Waals surface area contributed by atoms with E-state index < -0.39 is 0 Å². The molecule has 0 aliphatic heterocycles. The highest BCUT2D eigenvalue weighted by Crippen LogP contribution is 2.60. The van der Waals surface area contributed by atoms with Crippen LogP contribution in [-0.4, -0.2) is 0 Å². The second-order valence-electron chi connectivity index (χ2n) is 14.0. The summed E-state index contributed by atoms with van der Waals surface area (Å²) in [4.78, 5) is 0. The van der Waals surface area contributed by atoms with Crippen molar-refractivity contribution in [2.75, 3.05) is 0 Å². The summed E-state index contributed by atoms with van der Waals surface area (Å²) in [5.41, 5.74) is 8.13. The second-order valence-corrected chi connectivity index (χ2v) is 14.0. The zero-order chi connectivity index (χ0) is 25.7. The van der Waals surface area contributed by atoms with Crippen LogP contribution in [0.1, 0.15) is 103 Å². The van der Waals surface area contributed by atoms with E-state index in [0.717, 1.165) is 12.8 Å². The fraction of sp³-hybridized carbons (Fsp3) is 0.486. The molecular weight excluding hydrogens is 420 g/mol. The van der Waals surface area contributed by atoms with E-state index in [1.165, 1.54) is 23.1 Å². The minimum absolute atomic E-state index is 0.0934. The Morgan fingerprint density at radius 1 is 0.657 bits per heavy atom. The summed E-state index contributed by atoms with van der Waals surface area (Å²) in [6, 6.07) is 29.6. The Morgan fingerprint density at radius 3 is 1.83 bits per heavy atom. The van der Waals surface area contributed by atoms with Gasteiger partial charge in [0.05, 0.1) is 0 Å². The average molecular weight is 467 g/mol. The molecule has 2 unspecified atom stereocenters. The first-order valence-electron chi connectivity index (χ1n) is 13.4. The van der Waals surface area contributed by atoms with Crippen LogP contribution in [0.4, 0.5) is 0 Å². The zero-order valence-electron chi connectivity index (χ0n) is 23.6. The number of hydrogen-bond donors (Lipinski definition) is 0. The fourth-order valence-corrected chi connectivity index (χ4v) is 7.27. The maximum atomic E-state index is 2.55. The minimum atomic E-state index is 0.0934. The minimum Gasteiger partial charge on any atom is -0.0622 e. The molecule has 2 atom stereocenters. The summed E-state index contributed by atoms with van der Waals surface area (Å²) in [5.74, 6) is 0. The highest BCUT2D eigenvalue weighted by Gasteiger charge is 2.55. The molecule has 0 fully saturated rings. The van der Waals surface area contributed by atoms with E-state index in [-0.39, 0.29) is 27.1 Å². The van der Waals surface area contributed by atoms with Crippen LogP contribution in [-0.2, 0) is 28.1 Å². The SMILES string of the molecule is CC(C)(C)c1ccccc1CC(C)(C)C1(C)CC(C)(CC(C)(C)c2ccccc2)c2ccccc21. The van der Waals surface area contributed by atoms with Crippen LogP contribution >= 0.6 is 0 Å². The van der Waals surface area contributed by atoms with Crippen molar-refractivity contribution in [3.05, 3.63) is 107 Å². The van der Waals surface area contributed by atoms with E-state index in [2.05, 4.69) is 141 Å². The van der Waals surface area contributed by atoms with Crippen molar-refractivity contribution in [1.29, 1.82) is 0 Å². The van der Waals surface area contributed by atoms with E-state index in [1.54, 1.807) is 11.1 Å². The molecule has 0 bridgehead atoms. The third kappa shape index (κ3) is 4.62. The van der Waals surface area contributed by atoms with Gasteiger partial charge in [-0.3, -0.25) is 0 Å². The summed E-state index contributed by atoms with van der Waals surface area (Å²) in [5, 5.41) is 0. The standard InChI is InChI=1S/C35H46/c1-31(2,3)28-20-14-13-17-26(28)23-33(6,7)35(9)25-34(8,29-21-15-16-22-30(29)35)24-32(4,5)27-18-11-10-12-19-27/h10-22H,23-25H2,1-9H3. The van der Waals surface area contributed by atoms with Gasteiger partial charge in [0.1, 0.15) is 0 Å². The highest BCUT2D eigenvalue weighted by atomic mass is 14.6. The van der Waals surface area contributed by atoms with Crippen LogP contribution in [0.2, 0.25) is 0 Å². The van der Waals surface area contributed by atoms with Gasteiger partial charge in [0.25, 0.3) is 0 Å². The van der Waals surface area contributed by atoms with Crippen LogP contribution in [0.25, 0.3) is 0 Å². The Balaban J connectivity index is 1.74. The molecule has 0 amide bonds. The van der Waals surface area contributed by atoms with Gasteiger partial charge in [-0.05, 0) is 74.2 Å². The number of benzene rings is 3. The van der Waals surface area contributed by atoms with Gasteiger partial charge in [-0.25, -0.2) is 0 Å². The summed E-state index contributed by atoms with van der Waals surface area (Å²) in [7, 11) is 0. The summed E-state index contributed by atoms with van der Waals surface area (Å²) >= 11 is 0. The molecule has 0 saturated carbocycles. The first kappa shape index (κ1) is 25.7. The molecule has 0 nitrogen and oxygen atoms in total. The Bertz CT molecular complexity index is 1170. The van der Waals surface area contributed by atoms with Crippen molar-refractivity contribution in [2.45, 2.75) is 103 Å². The third-order valence-corrected chi connectivity index (χ3v) is 9.25.